The summed E-state index contributed by atoms with van der Waals surface area (Å²) in [5.41, 5.74) is 2.39. The van der Waals surface area contributed by atoms with Crippen LogP contribution in [-0.4, -0.2) is 71.2 Å². The van der Waals surface area contributed by atoms with Crippen LogP contribution < -0.4 is 15.5 Å². The zero-order valence-corrected chi connectivity index (χ0v) is 25.9. The number of carbonyl (C=O) groups excluding carboxylic acids is 3. The third-order valence-electron chi connectivity index (χ3n) is 9.78. The van der Waals surface area contributed by atoms with Gasteiger partial charge in [-0.2, -0.15) is 0 Å². The number of carbonyl (C=O) groups is 3. The molecule has 6 rings (SSSR count). The second-order valence-corrected chi connectivity index (χ2v) is 12.2. The van der Waals surface area contributed by atoms with Gasteiger partial charge in [-0.1, -0.05) is 60.7 Å². The molecule has 0 radical (unpaired) electrons. The highest BCUT2D eigenvalue weighted by Crippen LogP contribution is 2.59. The molecule has 3 amide bonds. The molecule has 3 aromatic carbocycles. The van der Waals surface area contributed by atoms with Gasteiger partial charge in [0.2, 0.25) is 17.7 Å². The molecule has 3 aliphatic rings. The Balaban J connectivity index is 1.31. The van der Waals surface area contributed by atoms with Crippen LogP contribution in [-0.2, 0) is 32.1 Å². The Morgan fingerprint density at radius 1 is 0.956 bits per heavy atom. The van der Waals surface area contributed by atoms with E-state index in [-0.39, 0.29) is 24.3 Å². The fraction of sp³-hybridized carbons (Fsp3) is 0.417. The first-order chi connectivity index (χ1) is 21.9. The molecule has 6 atom stereocenters. The van der Waals surface area contributed by atoms with E-state index >= 15 is 0 Å². The molecule has 45 heavy (non-hydrogen) atoms. The Morgan fingerprint density at radius 2 is 1.60 bits per heavy atom. The number of amides is 3. The van der Waals surface area contributed by atoms with Crippen molar-refractivity contribution in [1.82, 2.24) is 10.2 Å². The molecule has 3 fully saturated rings. The molecular weight excluding hydrogens is 568 g/mol. The van der Waals surface area contributed by atoms with Gasteiger partial charge in [0.05, 0.1) is 30.6 Å². The molecule has 0 saturated carbocycles. The monoisotopic (exact) mass is 610 g/mol. The molecule has 2 bridgehead atoms. The van der Waals surface area contributed by atoms with E-state index in [1.807, 2.05) is 84.9 Å². The standard InChI is InChI=1S/C36H42N4O5/c1-3-39(4-2)27-17-15-26(16-18-27)38-34(43)32-36-20-19-29(45-36)30(33(42)37-22-25-13-9-6-10-14-25)31(36)35(44)40(32)28(23-41)21-24-11-7-5-8-12-24/h5-18,28-32,41H,3-4,19-23H2,1-2H3,(H,37,42)(H,38,43)/t28-,29+,30-,31+,32?,36?/m1/s1. The summed E-state index contributed by atoms with van der Waals surface area (Å²) in [6.07, 6.45) is 0.964. The van der Waals surface area contributed by atoms with E-state index in [1.165, 1.54) is 4.90 Å². The summed E-state index contributed by atoms with van der Waals surface area (Å²) in [6.45, 7) is 5.93. The maximum atomic E-state index is 14.5. The second kappa shape index (κ2) is 13.0. The van der Waals surface area contributed by atoms with E-state index in [2.05, 4.69) is 29.4 Å². The zero-order valence-electron chi connectivity index (χ0n) is 25.9. The van der Waals surface area contributed by atoms with Crippen LogP contribution in [0.5, 0.6) is 0 Å². The minimum absolute atomic E-state index is 0.250. The molecule has 3 saturated heterocycles. The van der Waals surface area contributed by atoms with Crippen molar-refractivity contribution >= 4 is 29.1 Å². The fourth-order valence-corrected chi connectivity index (χ4v) is 7.68. The van der Waals surface area contributed by atoms with Crippen LogP contribution in [0.15, 0.2) is 84.9 Å². The lowest BCUT2D eigenvalue weighted by molar-refractivity contribution is -0.144. The zero-order chi connectivity index (χ0) is 31.6. The number of aliphatic hydroxyl groups is 1. The topological polar surface area (TPSA) is 111 Å². The quantitative estimate of drug-likeness (QED) is 0.288. The number of hydrogen-bond acceptors (Lipinski definition) is 6. The maximum absolute atomic E-state index is 14.5. The number of benzene rings is 3. The molecule has 236 valence electrons. The fourth-order valence-electron chi connectivity index (χ4n) is 7.68. The molecule has 0 aromatic heterocycles. The van der Waals surface area contributed by atoms with Crippen molar-refractivity contribution in [1.29, 1.82) is 0 Å². The molecule has 3 heterocycles. The largest absolute Gasteiger partial charge is 0.394 e. The lowest BCUT2D eigenvalue weighted by Crippen LogP contribution is -2.56. The first kappa shape index (κ1) is 30.8. The second-order valence-electron chi connectivity index (χ2n) is 12.2. The molecule has 3 N–H and O–H groups in total. The molecule has 3 aliphatic heterocycles. The number of ether oxygens (including phenoxy) is 1. The summed E-state index contributed by atoms with van der Waals surface area (Å²) in [5.74, 6) is -2.49. The average molecular weight is 611 g/mol. The first-order valence-corrected chi connectivity index (χ1v) is 16.0. The number of likely N-dealkylation sites (tertiary alicyclic amines) is 1. The minimum atomic E-state index is -1.16. The summed E-state index contributed by atoms with van der Waals surface area (Å²) in [4.78, 5) is 46.2. The number of anilines is 2. The molecular formula is C36H42N4O5. The smallest absolute Gasteiger partial charge is 0.250 e. The molecule has 9 heteroatoms. The van der Waals surface area contributed by atoms with Crippen LogP contribution in [0.25, 0.3) is 0 Å². The Morgan fingerprint density at radius 3 is 2.22 bits per heavy atom. The molecule has 1 spiro atoms. The highest BCUT2D eigenvalue weighted by atomic mass is 16.5. The lowest BCUT2D eigenvalue weighted by atomic mass is 9.70. The van der Waals surface area contributed by atoms with Gasteiger partial charge in [0.25, 0.3) is 0 Å². The number of aliphatic hydroxyl groups excluding tert-OH is 1. The van der Waals surface area contributed by atoms with Gasteiger partial charge in [0.1, 0.15) is 11.6 Å². The number of hydrogen-bond donors (Lipinski definition) is 3. The van der Waals surface area contributed by atoms with Gasteiger partial charge in [-0.15, -0.1) is 0 Å². The number of rotatable bonds is 12. The van der Waals surface area contributed by atoms with Crippen LogP contribution in [0.1, 0.15) is 37.8 Å². The summed E-state index contributed by atoms with van der Waals surface area (Å²) in [7, 11) is 0. The van der Waals surface area contributed by atoms with Crippen molar-refractivity contribution in [3.8, 4) is 0 Å². The third kappa shape index (κ3) is 5.71. The number of nitrogens with zero attached hydrogens (tertiary/aromatic N) is 2. The van der Waals surface area contributed by atoms with E-state index in [0.29, 0.717) is 31.5 Å². The van der Waals surface area contributed by atoms with Crippen LogP contribution in [0.3, 0.4) is 0 Å². The van der Waals surface area contributed by atoms with E-state index in [1.54, 1.807) is 0 Å². The Labute approximate surface area is 264 Å². The minimum Gasteiger partial charge on any atom is -0.394 e. The first-order valence-electron chi connectivity index (χ1n) is 16.0. The molecule has 2 unspecified atom stereocenters. The predicted molar refractivity (Wildman–Crippen MR) is 172 cm³/mol. The van der Waals surface area contributed by atoms with E-state index in [9.17, 15) is 19.5 Å². The molecule has 3 aromatic rings. The van der Waals surface area contributed by atoms with Crippen molar-refractivity contribution < 1.29 is 24.2 Å². The Hall–Kier alpha value is -4.21. The summed E-state index contributed by atoms with van der Waals surface area (Å²) in [6, 6.07) is 25.2. The third-order valence-corrected chi connectivity index (χ3v) is 9.78. The van der Waals surface area contributed by atoms with Crippen molar-refractivity contribution in [2.75, 3.05) is 29.9 Å². The highest BCUT2D eigenvalue weighted by molar-refractivity contribution is 6.03. The van der Waals surface area contributed by atoms with Gasteiger partial charge in [0.15, 0.2) is 0 Å². The van der Waals surface area contributed by atoms with Gasteiger partial charge in [-0.3, -0.25) is 14.4 Å². The summed E-state index contributed by atoms with van der Waals surface area (Å²) < 4.78 is 6.59. The van der Waals surface area contributed by atoms with Gasteiger partial charge in [-0.05, 0) is 68.5 Å². The van der Waals surface area contributed by atoms with Gasteiger partial charge in [-0.25, -0.2) is 0 Å². The van der Waals surface area contributed by atoms with Crippen molar-refractivity contribution in [2.45, 2.75) is 63.4 Å². The SMILES string of the molecule is CCN(CC)c1ccc(NC(=O)C2N([C@@H](CO)Cc3ccccc3)C(=O)[C@@H]3[C@H](C(=O)NCc4ccccc4)[C@@H]4CCC23O4)cc1. The van der Waals surface area contributed by atoms with Crippen molar-refractivity contribution in [3.63, 3.8) is 0 Å². The highest BCUT2D eigenvalue weighted by Gasteiger charge is 2.75. The average Bonchev–Trinajstić information content (AvgIpc) is 3.72. The van der Waals surface area contributed by atoms with E-state index < -0.39 is 35.6 Å². The molecule has 9 nitrogen and oxygen atoms in total. The Kier molecular flexibility index (Phi) is 8.92. The van der Waals surface area contributed by atoms with Crippen LogP contribution in [0.2, 0.25) is 0 Å². The van der Waals surface area contributed by atoms with Crippen LogP contribution in [0.4, 0.5) is 11.4 Å². The molecule has 0 aliphatic carbocycles. The van der Waals surface area contributed by atoms with Crippen molar-refractivity contribution in [2.24, 2.45) is 11.8 Å². The van der Waals surface area contributed by atoms with Crippen LogP contribution in [0, 0.1) is 11.8 Å². The normalized spacial score (nSPS) is 25.6. The van der Waals surface area contributed by atoms with Crippen LogP contribution >= 0.6 is 0 Å². The number of fused-ring (bicyclic) bond motifs is 1. The van der Waals surface area contributed by atoms with Gasteiger partial charge in [0, 0.05) is 31.0 Å². The maximum Gasteiger partial charge on any atom is 0.250 e. The van der Waals surface area contributed by atoms with E-state index in [0.717, 1.165) is 29.9 Å². The Bertz CT molecular complexity index is 1500. The van der Waals surface area contributed by atoms with Crippen molar-refractivity contribution in [3.05, 3.63) is 96.1 Å². The van der Waals surface area contributed by atoms with E-state index in [4.69, 9.17) is 4.74 Å². The lowest BCUT2D eigenvalue weighted by Gasteiger charge is -2.36. The van der Waals surface area contributed by atoms with Gasteiger partial charge < -0.3 is 30.3 Å². The summed E-state index contributed by atoms with van der Waals surface area (Å²) in [5, 5.41) is 16.7. The van der Waals surface area contributed by atoms with Gasteiger partial charge >= 0.3 is 0 Å². The number of nitrogens with one attached hydrogen (secondary N) is 2. The predicted octanol–water partition coefficient (Wildman–Crippen LogP) is 3.77. The summed E-state index contributed by atoms with van der Waals surface area (Å²) >= 11 is 0.